The third-order valence-corrected chi connectivity index (χ3v) is 5.58. The maximum Gasteiger partial charge on any atom is 0.362 e. The zero-order valence-corrected chi connectivity index (χ0v) is 16.9. The summed E-state index contributed by atoms with van der Waals surface area (Å²) >= 11 is 0. The van der Waals surface area contributed by atoms with Crippen LogP contribution in [0.2, 0.25) is 0 Å². The number of amidine groups is 1. The molecule has 0 atom stereocenters. The second-order valence-electron chi connectivity index (χ2n) is 7.57. The number of nitrogens with two attached hydrogens (primary N) is 2. The van der Waals surface area contributed by atoms with Gasteiger partial charge in [-0.05, 0) is 60.7 Å². The molecule has 148 valence electrons. The van der Waals surface area contributed by atoms with E-state index in [0.29, 0.717) is 5.84 Å². The van der Waals surface area contributed by atoms with Gasteiger partial charge in [0.15, 0.2) is 5.71 Å². The Morgan fingerprint density at radius 1 is 1.17 bits per heavy atom. The number of benzene rings is 2. The number of nitrogens with one attached hydrogen (secondary N) is 4. The Labute approximate surface area is 170 Å². The highest BCUT2D eigenvalue weighted by Gasteiger charge is 2.24. The molecule has 1 aliphatic rings. The average Bonchev–Trinajstić information content (AvgIpc) is 3.06. The maximum atomic E-state index is 6.06. The number of rotatable bonds is 5. The molecular formula is C23H28N6+2. The van der Waals surface area contributed by atoms with Gasteiger partial charge in [0.1, 0.15) is 0 Å². The van der Waals surface area contributed by atoms with E-state index in [1.807, 2.05) is 6.07 Å². The van der Waals surface area contributed by atoms with Gasteiger partial charge in [0.2, 0.25) is 0 Å². The van der Waals surface area contributed by atoms with E-state index in [0.717, 1.165) is 25.0 Å². The van der Waals surface area contributed by atoms with Crippen molar-refractivity contribution in [2.45, 2.75) is 33.1 Å². The third kappa shape index (κ3) is 3.79. The van der Waals surface area contributed by atoms with E-state index in [4.69, 9.17) is 11.6 Å². The second kappa shape index (κ2) is 7.93. The second-order valence-corrected chi connectivity index (χ2v) is 7.57. The number of aromatic nitrogens is 1. The molecule has 29 heavy (non-hydrogen) atoms. The maximum absolute atomic E-state index is 6.06. The summed E-state index contributed by atoms with van der Waals surface area (Å²) in [5.74, 6) is 5.81. The predicted octanol–water partition coefficient (Wildman–Crippen LogP) is 0.00964. The third-order valence-electron chi connectivity index (χ3n) is 5.58. The van der Waals surface area contributed by atoms with E-state index in [9.17, 15) is 0 Å². The van der Waals surface area contributed by atoms with Crippen molar-refractivity contribution >= 4 is 22.5 Å². The van der Waals surface area contributed by atoms with E-state index in [1.165, 1.54) is 44.6 Å². The summed E-state index contributed by atoms with van der Waals surface area (Å²) in [4.78, 5) is 7.16. The Hall–Kier alpha value is -3.38. The average molecular weight is 389 g/mol. The summed E-state index contributed by atoms with van der Waals surface area (Å²) in [6, 6.07) is 15.1. The van der Waals surface area contributed by atoms with E-state index < -0.39 is 0 Å². The summed E-state index contributed by atoms with van der Waals surface area (Å²) in [7, 11) is 0. The molecule has 0 bridgehead atoms. The van der Waals surface area contributed by atoms with Crippen molar-refractivity contribution in [3.63, 3.8) is 0 Å². The lowest BCUT2D eigenvalue weighted by molar-refractivity contribution is -0.535. The van der Waals surface area contributed by atoms with Gasteiger partial charge in [-0.2, -0.15) is 10.6 Å². The van der Waals surface area contributed by atoms with E-state index in [1.54, 1.807) is 0 Å². The fraction of sp³-hybridized carbons (Fsp3) is 0.217. The summed E-state index contributed by atoms with van der Waals surface area (Å²) in [6.45, 7) is 4.32. The van der Waals surface area contributed by atoms with Crippen LogP contribution < -0.4 is 27.2 Å². The van der Waals surface area contributed by atoms with Gasteiger partial charge in [0.25, 0.3) is 5.70 Å². The van der Waals surface area contributed by atoms with Crippen molar-refractivity contribution < 1.29 is 10.1 Å². The van der Waals surface area contributed by atoms with Gasteiger partial charge in [-0.25, -0.2) is 10.8 Å². The molecule has 2 aromatic carbocycles. The first-order valence-corrected chi connectivity index (χ1v) is 9.90. The van der Waals surface area contributed by atoms with Gasteiger partial charge in [0.05, 0.1) is 12.1 Å². The number of hydrogen-bond donors (Lipinski definition) is 6. The van der Waals surface area contributed by atoms with E-state index in [2.05, 4.69) is 76.9 Å². The van der Waals surface area contributed by atoms with Crippen LogP contribution in [0.15, 0.2) is 54.2 Å². The summed E-state index contributed by atoms with van der Waals surface area (Å²) in [5, 5.41) is 4.02. The van der Waals surface area contributed by atoms with Crippen molar-refractivity contribution in [2.75, 3.05) is 0 Å². The van der Waals surface area contributed by atoms with Crippen LogP contribution in [-0.2, 0) is 6.42 Å². The van der Waals surface area contributed by atoms with Crippen molar-refractivity contribution in [1.29, 1.82) is 0 Å². The minimum Gasteiger partial charge on any atom is -0.354 e. The molecule has 8 N–H and O–H groups in total. The van der Waals surface area contributed by atoms with Crippen LogP contribution in [-0.4, -0.2) is 16.5 Å². The Morgan fingerprint density at radius 2 is 1.93 bits per heavy atom. The quantitative estimate of drug-likeness (QED) is 0.160. The Balaban J connectivity index is 1.81. The Kier molecular flexibility index (Phi) is 5.18. The van der Waals surface area contributed by atoms with Crippen LogP contribution in [0.3, 0.4) is 0 Å². The van der Waals surface area contributed by atoms with Crippen LogP contribution in [0, 0.1) is 13.8 Å². The molecule has 3 aromatic rings. The molecule has 0 radical (unpaired) electrons. The van der Waals surface area contributed by atoms with Crippen LogP contribution in [0.4, 0.5) is 0 Å². The highest BCUT2D eigenvalue weighted by Crippen LogP contribution is 2.32. The number of hydrazine groups is 2. The van der Waals surface area contributed by atoms with Gasteiger partial charge < -0.3 is 4.98 Å². The first kappa shape index (κ1) is 19.0. The minimum atomic E-state index is 0.485. The molecule has 0 fully saturated rings. The normalized spacial score (nSPS) is 14.7. The first-order valence-electron chi connectivity index (χ1n) is 9.90. The summed E-state index contributed by atoms with van der Waals surface area (Å²) in [5.41, 5.74) is 18.0. The molecule has 6 nitrogen and oxygen atoms in total. The molecule has 6 heteroatoms. The van der Waals surface area contributed by atoms with Gasteiger partial charge in [-0.15, -0.1) is 0 Å². The molecule has 0 aliphatic carbocycles. The van der Waals surface area contributed by atoms with Crippen molar-refractivity contribution in [3.05, 3.63) is 70.9 Å². The molecule has 0 saturated heterocycles. The Morgan fingerprint density at radius 3 is 2.69 bits per heavy atom. The standard InChI is InChI=1S/C23H26N6/c1-14-11-18-19(13-17-9-6-10-20(26-17)23(24)28-29-25)22(16-7-4-3-5-8-16)27-21(18)12-15(14)2/h3-5,7-8,10-12,27,29H,6,9,13,25H2,1-2H3,(H2,24,28)/p+2. The molecule has 0 amide bonds. The smallest absolute Gasteiger partial charge is 0.354 e. The molecule has 1 aliphatic heterocycles. The number of fused-ring (bicyclic) bond motifs is 1. The fourth-order valence-corrected chi connectivity index (χ4v) is 3.91. The molecule has 0 unspecified atom stereocenters. The molecule has 4 rings (SSSR count). The minimum absolute atomic E-state index is 0.485. The van der Waals surface area contributed by atoms with Crippen LogP contribution in [0.5, 0.6) is 0 Å². The molecule has 2 heterocycles. The molecule has 0 spiro atoms. The van der Waals surface area contributed by atoms with Gasteiger partial charge in [0, 0.05) is 17.3 Å². The van der Waals surface area contributed by atoms with E-state index in [-0.39, 0.29) is 0 Å². The summed E-state index contributed by atoms with van der Waals surface area (Å²) < 4.78 is 0. The highest BCUT2D eigenvalue weighted by atomic mass is 15.5. The Bertz CT molecular complexity index is 1140. The lowest BCUT2D eigenvalue weighted by Crippen LogP contribution is -2.91. The lowest BCUT2D eigenvalue weighted by atomic mass is 9.96. The fourth-order valence-electron chi connectivity index (χ4n) is 3.91. The first-order chi connectivity index (χ1) is 14.1. The number of hydrazone groups is 1. The zero-order valence-electron chi connectivity index (χ0n) is 16.9. The number of hydrogen-bond acceptors (Lipinski definition) is 2. The van der Waals surface area contributed by atoms with Crippen LogP contribution in [0.1, 0.15) is 29.5 Å². The van der Waals surface area contributed by atoms with Gasteiger partial charge in [-0.3, -0.25) is 5.73 Å². The molecule has 1 aromatic heterocycles. The predicted molar refractivity (Wildman–Crippen MR) is 118 cm³/mol. The SMILES string of the molecule is Cc1cc2[nH]c(-c3ccccc3)c(CC3=[NH+]C(/C(N)=[NH+]/NN)=CCC3)c2cc1C. The van der Waals surface area contributed by atoms with Crippen molar-refractivity contribution in [1.82, 2.24) is 10.5 Å². The van der Waals surface area contributed by atoms with Crippen LogP contribution in [0.25, 0.3) is 22.2 Å². The largest absolute Gasteiger partial charge is 0.362 e. The monoisotopic (exact) mass is 388 g/mol. The number of aromatic amines is 1. The van der Waals surface area contributed by atoms with Gasteiger partial charge in [-0.1, -0.05) is 30.3 Å². The summed E-state index contributed by atoms with van der Waals surface area (Å²) in [6.07, 6.45) is 4.82. The topological polar surface area (TPSA) is 108 Å². The van der Waals surface area contributed by atoms with Crippen LogP contribution >= 0.6 is 0 Å². The van der Waals surface area contributed by atoms with E-state index >= 15 is 0 Å². The van der Waals surface area contributed by atoms with Gasteiger partial charge >= 0.3 is 5.84 Å². The zero-order chi connectivity index (χ0) is 20.4. The molecular weight excluding hydrogens is 360 g/mol. The molecule has 0 saturated carbocycles. The highest BCUT2D eigenvalue weighted by molar-refractivity contribution is 5.97. The number of aryl methyl sites for hydroxylation is 2. The number of allylic oxidation sites excluding steroid dienone is 1. The number of H-pyrrole nitrogens is 1. The van der Waals surface area contributed by atoms with Crippen molar-refractivity contribution in [2.24, 2.45) is 11.6 Å². The van der Waals surface area contributed by atoms with Crippen molar-refractivity contribution in [3.8, 4) is 11.3 Å². The lowest BCUT2D eigenvalue weighted by Gasteiger charge is -2.08.